The molecule has 1 aliphatic heterocycles. The molecule has 166 valence electrons. The lowest BCUT2D eigenvalue weighted by atomic mass is 9.99. The maximum Gasteiger partial charge on any atom is 0.185 e. The summed E-state index contributed by atoms with van der Waals surface area (Å²) in [5.74, 6) is 1.41. The van der Waals surface area contributed by atoms with Crippen molar-refractivity contribution in [2.75, 3.05) is 17.3 Å². The van der Waals surface area contributed by atoms with Crippen LogP contribution in [0.3, 0.4) is 0 Å². The summed E-state index contributed by atoms with van der Waals surface area (Å²) in [6, 6.07) is 9.68. The Bertz CT molecular complexity index is 1360. The zero-order chi connectivity index (χ0) is 23.1. The molecule has 0 aliphatic carbocycles. The molecule has 0 spiro atoms. The molecule has 0 radical (unpaired) electrons. The van der Waals surface area contributed by atoms with Gasteiger partial charge >= 0.3 is 0 Å². The minimum atomic E-state index is -0.442. The second-order valence-corrected chi connectivity index (χ2v) is 7.93. The summed E-state index contributed by atoms with van der Waals surface area (Å²) in [5, 5.41) is 20.6. The lowest BCUT2D eigenvalue weighted by Gasteiger charge is -2.32. The van der Waals surface area contributed by atoms with Gasteiger partial charge in [0.25, 0.3) is 0 Å². The Balaban J connectivity index is 1.72. The lowest BCUT2D eigenvalue weighted by molar-refractivity contribution is 0.393. The van der Waals surface area contributed by atoms with Gasteiger partial charge in [-0.15, -0.1) is 0 Å². The van der Waals surface area contributed by atoms with Crippen molar-refractivity contribution in [3.63, 3.8) is 0 Å². The van der Waals surface area contributed by atoms with Crippen molar-refractivity contribution in [1.29, 1.82) is 5.26 Å². The minimum absolute atomic E-state index is 0.121. The third kappa shape index (κ3) is 3.27. The van der Waals surface area contributed by atoms with E-state index < -0.39 is 6.29 Å². The summed E-state index contributed by atoms with van der Waals surface area (Å²) in [6.07, 6.45) is 5.17. The van der Waals surface area contributed by atoms with Crippen LogP contribution < -0.4 is 20.3 Å². The van der Waals surface area contributed by atoms with E-state index in [1.165, 1.54) is 0 Å². The largest absolute Gasteiger partial charge is 0.496 e. The fraction of sp³-hybridized carbons (Fsp3) is 0.250. The molecule has 3 aromatic heterocycles. The summed E-state index contributed by atoms with van der Waals surface area (Å²) in [6.45, 7) is 5.85. The highest BCUT2D eigenvalue weighted by Crippen LogP contribution is 2.46. The number of hydrogen-bond acceptors (Lipinski definition) is 9. The van der Waals surface area contributed by atoms with Crippen LogP contribution in [-0.2, 0) is 0 Å². The van der Waals surface area contributed by atoms with Crippen molar-refractivity contribution in [3.05, 3.63) is 59.9 Å². The first-order valence-electron chi connectivity index (χ1n) is 10.6. The summed E-state index contributed by atoms with van der Waals surface area (Å²) in [7, 11) is 1.64. The summed E-state index contributed by atoms with van der Waals surface area (Å²) in [4.78, 5) is 11.3. The van der Waals surface area contributed by atoms with Crippen LogP contribution >= 0.6 is 0 Å². The predicted octanol–water partition coefficient (Wildman–Crippen LogP) is 4.26. The van der Waals surface area contributed by atoms with Gasteiger partial charge in [0.15, 0.2) is 12.5 Å². The van der Waals surface area contributed by atoms with Crippen LogP contribution in [0, 0.1) is 25.3 Å². The van der Waals surface area contributed by atoms with E-state index in [2.05, 4.69) is 38.8 Å². The molecular formula is C24H23N7O2. The number of pyridine rings is 2. The molecular weight excluding hydrogens is 418 g/mol. The third-order valence-corrected chi connectivity index (χ3v) is 6.03. The van der Waals surface area contributed by atoms with E-state index >= 15 is 0 Å². The van der Waals surface area contributed by atoms with Crippen LogP contribution in [0.15, 0.2) is 47.2 Å². The molecule has 4 heterocycles. The average Bonchev–Trinajstić information content (AvgIpc) is 3.37. The van der Waals surface area contributed by atoms with E-state index in [1.54, 1.807) is 19.5 Å². The van der Waals surface area contributed by atoms with Crippen LogP contribution in [0.1, 0.15) is 30.1 Å². The second kappa shape index (κ2) is 7.98. The molecule has 9 nitrogen and oxygen atoms in total. The number of anilines is 2. The molecule has 0 amide bonds. The molecule has 1 aliphatic rings. The molecule has 4 aromatic rings. The lowest BCUT2D eigenvalue weighted by Crippen LogP contribution is -2.46. The van der Waals surface area contributed by atoms with Crippen LogP contribution in [0.25, 0.3) is 22.0 Å². The van der Waals surface area contributed by atoms with Crippen LogP contribution in [-0.4, -0.2) is 28.5 Å². The Morgan fingerprint density at radius 2 is 2.12 bits per heavy atom. The number of rotatable bonds is 5. The van der Waals surface area contributed by atoms with Crippen molar-refractivity contribution in [1.82, 2.24) is 20.4 Å². The quantitative estimate of drug-likeness (QED) is 0.346. The highest BCUT2D eigenvalue weighted by Gasteiger charge is 2.35. The molecule has 0 bridgehead atoms. The average molecular weight is 441 g/mol. The van der Waals surface area contributed by atoms with Gasteiger partial charge in [0, 0.05) is 17.1 Å². The number of nitrogens with one attached hydrogen (secondary N) is 2. The second-order valence-electron chi connectivity index (χ2n) is 7.93. The highest BCUT2D eigenvalue weighted by atomic mass is 16.5. The van der Waals surface area contributed by atoms with Gasteiger partial charge in [0.2, 0.25) is 0 Å². The number of fused-ring (bicyclic) bond motifs is 3. The Labute approximate surface area is 191 Å². The fourth-order valence-corrected chi connectivity index (χ4v) is 4.52. The van der Waals surface area contributed by atoms with Crippen molar-refractivity contribution in [3.8, 4) is 23.1 Å². The van der Waals surface area contributed by atoms with E-state index in [0.29, 0.717) is 5.75 Å². The first-order valence-corrected chi connectivity index (χ1v) is 10.6. The maximum absolute atomic E-state index is 9.37. The van der Waals surface area contributed by atoms with Gasteiger partial charge in [-0.3, -0.25) is 15.3 Å². The Morgan fingerprint density at radius 1 is 1.27 bits per heavy atom. The number of aryl methyl sites for hydroxylation is 2. The molecule has 33 heavy (non-hydrogen) atoms. The Kier molecular flexibility index (Phi) is 4.98. The van der Waals surface area contributed by atoms with E-state index in [4.69, 9.17) is 14.2 Å². The summed E-state index contributed by atoms with van der Waals surface area (Å²) in [5.41, 5.74) is 5.99. The third-order valence-electron chi connectivity index (χ3n) is 6.03. The van der Waals surface area contributed by atoms with E-state index in [0.717, 1.165) is 50.6 Å². The SMILES string of the molecule is COc1cc2c3c(cnc2cc1-c1c(C)noc1C)NC(NC#N)N3C(C)c1ccccn1. The number of nitriles is 1. The van der Waals surface area contributed by atoms with Crippen molar-refractivity contribution < 1.29 is 9.26 Å². The topological polar surface area (TPSA) is 112 Å². The molecule has 0 fully saturated rings. The van der Waals surface area contributed by atoms with Crippen molar-refractivity contribution in [2.45, 2.75) is 33.1 Å². The molecule has 0 saturated carbocycles. The first-order chi connectivity index (χ1) is 16.0. The van der Waals surface area contributed by atoms with Gasteiger partial charge < -0.3 is 19.5 Å². The Hall–Kier alpha value is -4.32. The number of aromatic nitrogens is 3. The standard InChI is InChI=1S/C24H23N7O2/c1-13-22(15(3)33-30-13)17-9-19-16(10-21(17)32-4)23-20(11-27-19)29-24(28-12-25)31(23)14(2)18-7-5-6-8-26-18/h5-11,14,24,28-29H,1-4H3. The van der Waals surface area contributed by atoms with Crippen LogP contribution in [0.5, 0.6) is 5.75 Å². The molecule has 1 aromatic carbocycles. The zero-order valence-electron chi connectivity index (χ0n) is 18.7. The van der Waals surface area contributed by atoms with Crippen LogP contribution in [0.2, 0.25) is 0 Å². The van der Waals surface area contributed by atoms with Gasteiger partial charge in [-0.25, -0.2) is 0 Å². The summed E-state index contributed by atoms with van der Waals surface area (Å²) < 4.78 is 11.2. The molecule has 5 rings (SSSR count). The monoisotopic (exact) mass is 441 g/mol. The van der Waals surface area contributed by atoms with Crippen molar-refractivity contribution >= 4 is 22.3 Å². The number of nitrogens with zero attached hydrogens (tertiary/aromatic N) is 5. The van der Waals surface area contributed by atoms with Gasteiger partial charge in [0.1, 0.15) is 11.5 Å². The minimum Gasteiger partial charge on any atom is -0.496 e. The number of hydrogen-bond donors (Lipinski definition) is 2. The molecule has 0 saturated heterocycles. The number of methoxy groups -OCH3 is 1. The fourth-order valence-electron chi connectivity index (χ4n) is 4.52. The van der Waals surface area contributed by atoms with Gasteiger partial charge in [-0.05, 0) is 45.0 Å². The van der Waals surface area contributed by atoms with E-state index in [-0.39, 0.29) is 6.04 Å². The van der Waals surface area contributed by atoms with Gasteiger partial charge in [-0.2, -0.15) is 5.26 Å². The number of benzene rings is 1. The van der Waals surface area contributed by atoms with Gasteiger partial charge in [0.05, 0.1) is 53.2 Å². The summed E-state index contributed by atoms with van der Waals surface area (Å²) >= 11 is 0. The zero-order valence-corrected chi connectivity index (χ0v) is 18.7. The van der Waals surface area contributed by atoms with E-state index in [1.807, 2.05) is 44.2 Å². The highest BCUT2D eigenvalue weighted by molar-refractivity contribution is 6.03. The van der Waals surface area contributed by atoms with Crippen LogP contribution in [0.4, 0.5) is 11.4 Å². The molecule has 2 N–H and O–H groups in total. The normalized spacial score (nSPS) is 15.6. The predicted molar refractivity (Wildman–Crippen MR) is 125 cm³/mol. The van der Waals surface area contributed by atoms with Gasteiger partial charge in [-0.1, -0.05) is 11.2 Å². The maximum atomic E-state index is 9.37. The smallest absolute Gasteiger partial charge is 0.185 e. The van der Waals surface area contributed by atoms with Crippen molar-refractivity contribution in [2.24, 2.45) is 0 Å². The molecule has 2 atom stereocenters. The Morgan fingerprint density at radius 3 is 2.79 bits per heavy atom. The molecule has 2 unspecified atom stereocenters. The van der Waals surface area contributed by atoms with E-state index in [9.17, 15) is 5.26 Å². The first kappa shape index (κ1) is 20.6. The number of ether oxygens (including phenoxy) is 1. The molecule has 9 heteroatoms.